The number of nitrogens with one attached hydrogen (secondary N) is 1. The normalized spacial score (nSPS) is 30.0. The van der Waals surface area contributed by atoms with E-state index in [1.807, 2.05) is 0 Å². The topological polar surface area (TPSA) is 147 Å². The molecular weight excluding hydrogens is 545 g/mol. The first-order valence-corrected chi connectivity index (χ1v) is 13.8. The quantitative estimate of drug-likeness (QED) is 0.332. The Morgan fingerprint density at radius 2 is 1.83 bits per heavy atom. The number of benzene rings is 1. The van der Waals surface area contributed by atoms with Crippen molar-refractivity contribution in [1.82, 2.24) is 10.2 Å². The number of phenolic OH excluding ortho intramolecular Hbond substituents is 1. The molecule has 3 aliphatic carbocycles. The van der Waals surface area contributed by atoms with E-state index in [-0.39, 0.29) is 30.6 Å². The molecule has 1 unspecified atom stereocenters. The molecule has 1 heterocycles. The number of halogens is 3. The van der Waals surface area contributed by atoms with Gasteiger partial charge in [0.15, 0.2) is 17.2 Å². The van der Waals surface area contributed by atoms with E-state index in [0.717, 1.165) is 13.0 Å². The lowest BCUT2D eigenvalue weighted by atomic mass is 9.57. The number of carbonyl (C=O) groups excluding carboxylic acids is 3. The van der Waals surface area contributed by atoms with Gasteiger partial charge in [0.25, 0.3) is 0 Å². The van der Waals surface area contributed by atoms with Gasteiger partial charge in [-0.15, -0.1) is 0 Å². The van der Waals surface area contributed by atoms with Crippen molar-refractivity contribution in [2.75, 3.05) is 19.6 Å². The molecule has 0 spiro atoms. The molecule has 1 saturated heterocycles. The Kier molecular flexibility index (Phi) is 7.11. The Balaban J connectivity index is 1.76. The number of likely N-dealkylation sites (N-methyl/N-ethyl adjacent to an activating group) is 1. The number of aromatic hydroxyl groups is 1. The van der Waals surface area contributed by atoms with E-state index < -0.39 is 99.0 Å². The molecule has 5 N–H and O–H groups in total. The lowest BCUT2D eigenvalue weighted by Gasteiger charge is -2.51. The van der Waals surface area contributed by atoms with Crippen LogP contribution in [0.15, 0.2) is 23.0 Å². The summed E-state index contributed by atoms with van der Waals surface area (Å²) in [6.45, 7) is 5.56. The molecule has 5 rings (SSSR count). The van der Waals surface area contributed by atoms with E-state index in [9.17, 15) is 48.0 Å². The number of aliphatic hydroxyl groups excluding tert-OH is 2. The van der Waals surface area contributed by atoms with E-state index in [2.05, 4.69) is 5.32 Å². The third-order valence-electron chi connectivity index (χ3n) is 9.23. The van der Waals surface area contributed by atoms with Gasteiger partial charge in [0.1, 0.15) is 22.8 Å². The van der Waals surface area contributed by atoms with E-state index in [1.165, 1.54) is 0 Å². The molecule has 9 nitrogen and oxygen atoms in total. The molecule has 12 heteroatoms. The summed E-state index contributed by atoms with van der Waals surface area (Å²) in [7, 11) is 0. The molecule has 0 bridgehead atoms. The van der Waals surface area contributed by atoms with Crippen LogP contribution in [-0.4, -0.2) is 74.0 Å². The Morgan fingerprint density at radius 1 is 1.17 bits per heavy atom. The van der Waals surface area contributed by atoms with Gasteiger partial charge in [0.2, 0.25) is 5.78 Å². The number of rotatable bonds is 5. The predicted octanol–water partition coefficient (Wildman–Crippen LogP) is 3.29. The zero-order valence-electron chi connectivity index (χ0n) is 22.9. The molecule has 0 aromatic heterocycles. The van der Waals surface area contributed by atoms with Crippen molar-refractivity contribution in [2.45, 2.75) is 70.3 Å². The molecule has 222 valence electrons. The maximum Gasteiger partial charge on any atom is 0.417 e. The maximum atomic E-state index is 14.6. The summed E-state index contributed by atoms with van der Waals surface area (Å²) in [5, 5.41) is 48.1. The fourth-order valence-corrected chi connectivity index (χ4v) is 7.45. The standard InChI is InChI=1S/C29H33F3N2O7/c1-4-34(5-2)23-16-10-13-9-15-21(18(36)11-14(17-7-6-8-33-17)22(15)29(30,31)32)24(37)20(13)27(40)28(16,41)26(39)19(12(3)35)25(23)38/h11,13,16-17,23,33,36-37,39,41H,4-10H2,1-3H3/t13-,16-,17?,23-,28+/m0/s1. The first-order chi connectivity index (χ1) is 19.2. The third kappa shape index (κ3) is 4.13. The van der Waals surface area contributed by atoms with Gasteiger partial charge in [-0.05, 0) is 75.4 Å². The van der Waals surface area contributed by atoms with E-state index in [4.69, 9.17) is 0 Å². The molecule has 2 fully saturated rings. The average molecular weight is 579 g/mol. The summed E-state index contributed by atoms with van der Waals surface area (Å²) >= 11 is 0. The molecule has 41 heavy (non-hydrogen) atoms. The smallest absolute Gasteiger partial charge is 0.417 e. The van der Waals surface area contributed by atoms with E-state index in [1.54, 1.807) is 18.7 Å². The van der Waals surface area contributed by atoms with Gasteiger partial charge in [-0.2, -0.15) is 13.2 Å². The molecule has 1 aromatic carbocycles. The zero-order valence-corrected chi connectivity index (χ0v) is 22.9. The minimum atomic E-state index is -4.85. The monoisotopic (exact) mass is 578 g/mol. The maximum absolute atomic E-state index is 14.6. The molecule has 5 atom stereocenters. The number of Topliss-reactive ketones (excluding diaryl/α,β-unsaturated/α-hetero) is 3. The van der Waals surface area contributed by atoms with Gasteiger partial charge < -0.3 is 25.7 Å². The average Bonchev–Trinajstić information content (AvgIpc) is 3.42. The fourth-order valence-electron chi connectivity index (χ4n) is 7.45. The number of fused-ring (bicyclic) bond motifs is 3. The number of phenols is 1. The van der Waals surface area contributed by atoms with Crippen LogP contribution in [0.1, 0.15) is 68.3 Å². The van der Waals surface area contributed by atoms with Gasteiger partial charge in [0.05, 0.1) is 17.2 Å². The number of ketones is 3. The van der Waals surface area contributed by atoms with Crippen molar-refractivity contribution < 1.29 is 48.0 Å². The molecule has 1 aromatic rings. The zero-order chi connectivity index (χ0) is 30.2. The summed E-state index contributed by atoms with van der Waals surface area (Å²) in [5.41, 5.74) is -6.02. The highest BCUT2D eigenvalue weighted by atomic mass is 19.4. The van der Waals surface area contributed by atoms with Crippen molar-refractivity contribution >= 4 is 23.1 Å². The van der Waals surface area contributed by atoms with Crippen LogP contribution < -0.4 is 5.32 Å². The largest absolute Gasteiger partial charge is 0.508 e. The summed E-state index contributed by atoms with van der Waals surface area (Å²) < 4.78 is 43.9. The van der Waals surface area contributed by atoms with E-state index in [0.29, 0.717) is 19.4 Å². The number of hydrogen-bond acceptors (Lipinski definition) is 9. The van der Waals surface area contributed by atoms with Crippen LogP contribution in [0.5, 0.6) is 5.75 Å². The predicted molar refractivity (Wildman–Crippen MR) is 140 cm³/mol. The Bertz CT molecular complexity index is 1410. The Hall–Kier alpha value is -3.22. The highest BCUT2D eigenvalue weighted by Gasteiger charge is 2.64. The first kappa shape index (κ1) is 29.3. The lowest BCUT2D eigenvalue weighted by Crippen LogP contribution is -2.66. The second-order valence-electron chi connectivity index (χ2n) is 11.3. The van der Waals surface area contributed by atoms with Crippen molar-refractivity contribution in [3.63, 3.8) is 0 Å². The van der Waals surface area contributed by atoms with E-state index >= 15 is 0 Å². The van der Waals surface area contributed by atoms with Crippen molar-refractivity contribution in [3.8, 4) is 5.75 Å². The van der Waals surface area contributed by atoms with Gasteiger partial charge >= 0.3 is 6.18 Å². The number of carbonyl (C=O) groups is 3. The number of aliphatic hydroxyl groups is 3. The van der Waals surface area contributed by atoms with Crippen LogP contribution >= 0.6 is 0 Å². The Labute approximate surface area is 234 Å². The summed E-state index contributed by atoms with van der Waals surface area (Å²) in [4.78, 5) is 41.6. The number of alkyl halides is 3. The molecule has 0 radical (unpaired) electrons. The van der Waals surface area contributed by atoms with Gasteiger partial charge in [-0.1, -0.05) is 13.8 Å². The molecular formula is C29H33F3N2O7. The summed E-state index contributed by atoms with van der Waals surface area (Å²) in [6, 6.07) is -0.931. The fraction of sp³-hybridized carbons (Fsp3) is 0.552. The highest BCUT2D eigenvalue weighted by Crippen LogP contribution is 2.55. The van der Waals surface area contributed by atoms with Crippen LogP contribution in [0.25, 0.3) is 5.76 Å². The second-order valence-corrected chi connectivity index (χ2v) is 11.3. The summed E-state index contributed by atoms with van der Waals surface area (Å²) in [6.07, 6.45) is -4.43. The van der Waals surface area contributed by atoms with Crippen LogP contribution in [0.3, 0.4) is 0 Å². The lowest BCUT2D eigenvalue weighted by molar-refractivity contribution is -0.154. The SMILES string of the molecule is CCN(CC)[C@@H]1C(=O)C(C(C)=O)=C(O)[C@@]2(O)C(=O)C3=C(O)c4c(O)cc(C5CCCN5)c(C(F)(F)F)c4C[C@H]3C[C@@H]12. The first-order valence-electron chi connectivity index (χ1n) is 13.8. The Morgan fingerprint density at radius 3 is 2.37 bits per heavy atom. The van der Waals surface area contributed by atoms with Crippen LogP contribution in [0.2, 0.25) is 0 Å². The second kappa shape index (κ2) is 9.95. The van der Waals surface area contributed by atoms with Crippen LogP contribution in [-0.2, 0) is 27.0 Å². The van der Waals surface area contributed by atoms with Gasteiger partial charge in [-0.3, -0.25) is 19.3 Å². The molecule has 1 aliphatic heterocycles. The van der Waals surface area contributed by atoms with Crippen molar-refractivity contribution in [2.24, 2.45) is 11.8 Å². The molecule has 1 saturated carbocycles. The highest BCUT2D eigenvalue weighted by molar-refractivity contribution is 6.25. The van der Waals surface area contributed by atoms with Crippen molar-refractivity contribution in [1.29, 1.82) is 0 Å². The minimum absolute atomic E-state index is 0.151. The number of hydrogen-bond donors (Lipinski definition) is 5. The van der Waals surface area contributed by atoms with Crippen LogP contribution in [0, 0.1) is 11.8 Å². The van der Waals surface area contributed by atoms with Crippen LogP contribution in [0.4, 0.5) is 13.2 Å². The minimum Gasteiger partial charge on any atom is -0.508 e. The molecule has 0 amide bonds. The van der Waals surface area contributed by atoms with Gasteiger partial charge in [0, 0.05) is 17.5 Å². The number of nitrogens with zero attached hydrogens (tertiary/aromatic N) is 1. The van der Waals surface area contributed by atoms with Gasteiger partial charge in [-0.25, -0.2) is 0 Å². The molecule has 4 aliphatic rings. The van der Waals surface area contributed by atoms with Crippen molar-refractivity contribution in [3.05, 3.63) is 45.2 Å². The third-order valence-corrected chi connectivity index (χ3v) is 9.23. The summed E-state index contributed by atoms with van der Waals surface area (Å²) in [5.74, 6) is -7.92.